The van der Waals surface area contributed by atoms with E-state index < -0.39 is 97.4 Å². The van der Waals surface area contributed by atoms with Gasteiger partial charge in [-0.3, -0.25) is 33.7 Å². The summed E-state index contributed by atoms with van der Waals surface area (Å²) in [6, 6.07) is -3.53. The molecule has 0 radical (unpaired) electrons. The first-order valence-electron chi connectivity index (χ1n) is 14.2. The SMILES string of the molecule is CNC(=O)CN(Cc1nccn1CC(=O)NC(CC(C=O)C(=O)O)C(=O)O)Cc1nccn1CC(=O)NC(CC(C(=O)O)C(=O)O)C(=O)O. The van der Waals surface area contributed by atoms with Crippen LogP contribution in [0.4, 0.5) is 0 Å². The van der Waals surface area contributed by atoms with E-state index >= 15 is 0 Å². The summed E-state index contributed by atoms with van der Waals surface area (Å²) in [5.74, 6) is -13.9. The molecular formula is C27H34N8O14. The van der Waals surface area contributed by atoms with Crippen LogP contribution in [-0.4, -0.2) is 129 Å². The van der Waals surface area contributed by atoms with E-state index in [1.165, 1.54) is 45.9 Å². The second kappa shape index (κ2) is 18.2. The predicted molar refractivity (Wildman–Crippen MR) is 157 cm³/mol. The Morgan fingerprint density at radius 1 is 0.714 bits per heavy atom. The number of likely N-dealkylation sites (N-methyl/N-ethyl adjacent to an activating group) is 1. The molecule has 8 N–H and O–H groups in total. The molecule has 2 rings (SSSR count). The highest BCUT2D eigenvalue weighted by Gasteiger charge is 2.33. The van der Waals surface area contributed by atoms with Crippen LogP contribution in [0.25, 0.3) is 0 Å². The Hall–Kier alpha value is -6.19. The zero-order chi connectivity index (χ0) is 36.8. The first-order chi connectivity index (χ1) is 23.1. The van der Waals surface area contributed by atoms with Crippen molar-refractivity contribution in [1.82, 2.24) is 40.0 Å². The van der Waals surface area contributed by atoms with E-state index in [4.69, 9.17) is 15.3 Å². The van der Waals surface area contributed by atoms with Crippen LogP contribution in [-0.2, 0) is 69.3 Å². The zero-order valence-electron chi connectivity index (χ0n) is 25.8. The van der Waals surface area contributed by atoms with Crippen LogP contribution in [0.15, 0.2) is 24.8 Å². The largest absolute Gasteiger partial charge is 0.481 e. The van der Waals surface area contributed by atoms with E-state index in [0.717, 1.165) is 0 Å². The minimum absolute atomic E-state index is 0.0584. The Labute approximate surface area is 275 Å². The van der Waals surface area contributed by atoms with E-state index in [2.05, 4.69) is 25.9 Å². The van der Waals surface area contributed by atoms with Crippen molar-refractivity contribution in [2.24, 2.45) is 11.8 Å². The third kappa shape index (κ3) is 12.2. The van der Waals surface area contributed by atoms with Crippen molar-refractivity contribution in [3.8, 4) is 0 Å². The van der Waals surface area contributed by atoms with Gasteiger partial charge in [-0.1, -0.05) is 0 Å². The molecule has 49 heavy (non-hydrogen) atoms. The molecule has 0 aromatic carbocycles. The number of amides is 3. The van der Waals surface area contributed by atoms with Gasteiger partial charge in [0.2, 0.25) is 17.7 Å². The highest BCUT2D eigenvalue weighted by molar-refractivity contribution is 5.94. The maximum atomic E-state index is 12.7. The molecule has 2 aromatic rings. The van der Waals surface area contributed by atoms with Gasteiger partial charge in [-0.05, 0) is 6.42 Å². The van der Waals surface area contributed by atoms with Crippen molar-refractivity contribution >= 4 is 53.9 Å². The van der Waals surface area contributed by atoms with Gasteiger partial charge in [0.25, 0.3) is 0 Å². The molecule has 3 atom stereocenters. The number of rotatable bonds is 22. The quantitative estimate of drug-likeness (QED) is 0.0436. The average molecular weight is 695 g/mol. The van der Waals surface area contributed by atoms with Crippen LogP contribution in [0.3, 0.4) is 0 Å². The fourth-order valence-electron chi connectivity index (χ4n) is 4.36. The average Bonchev–Trinajstić information content (AvgIpc) is 3.64. The van der Waals surface area contributed by atoms with Crippen LogP contribution >= 0.6 is 0 Å². The van der Waals surface area contributed by atoms with Crippen LogP contribution in [0.2, 0.25) is 0 Å². The lowest BCUT2D eigenvalue weighted by atomic mass is 10.00. The summed E-state index contributed by atoms with van der Waals surface area (Å²) in [5.41, 5.74) is 0. The molecule has 2 heterocycles. The molecule has 2 aromatic heterocycles. The van der Waals surface area contributed by atoms with Crippen molar-refractivity contribution < 1.29 is 68.7 Å². The van der Waals surface area contributed by atoms with Gasteiger partial charge < -0.3 is 55.4 Å². The number of carboxylic acid groups (broad SMARTS) is 5. The summed E-state index contributed by atoms with van der Waals surface area (Å²) in [7, 11) is 1.38. The van der Waals surface area contributed by atoms with Crippen molar-refractivity contribution in [3.05, 3.63) is 36.4 Å². The minimum atomic E-state index is -2.09. The van der Waals surface area contributed by atoms with E-state index in [1.807, 2.05) is 0 Å². The molecular weight excluding hydrogens is 660 g/mol. The highest BCUT2D eigenvalue weighted by Crippen LogP contribution is 2.12. The molecule has 3 unspecified atom stereocenters. The normalized spacial score (nSPS) is 12.8. The van der Waals surface area contributed by atoms with Gasteiger partial charge in [-0.25, -0.2) is 19.6 Å². The van der Waals surface area contributed by atoms with E-state index in [9.17, 15) is 53.4 Å². The number of aliphatic carboxylic acids is 5. The van der Waals surface area contributed by atoms with Crippen LogP contribution in [0.5, 0.6) is 0 Å². The molecule has 0 spiro atoms. The Kier molecular flexibility index (Phi) is 14.5. The summed E-state index contributed by atoms with van der Waals surface area (Å²) in [5, 5.41) is 52.7. The summed E-state index contributed by atoms with van der Waals surface area (Å²) in [6.07, 6.45) is 3.83. The third-order valence-corrected chi connectivity index (χ3v) is 6.91. The Morgan fingerprint density at radius 2 is 1.16 bits per heavy atom. The summed E-state index contributed by atoms with van der Waals surface area (Å²) in [4.78, 5) is 115. The number of aldehydes is 1. The van der Waals surface area contributed by atoms with Crippen LogP contribution in [0, 0.1) is 11.8 Å². The maximum Gasteiger partial charge on any atom is 0.326 e. The molecule has 0 aliphatic carbocycles. The highest BCUT2D eigenvalue weighted by atomic mass is 16.4. The minimum Gasteiger partial charge on any atom is -0.481 e. The number of carbonyl (C=O) groups excluding carboxylic acids is 4. The number of imidazole rings is 2. The Morgan fingerprint density at radius 3 is 1.53 bits per heavy atom. The molecule has 22 nitrogen and oxygen atoms in total. The van der Waals surface area contributed by atoms with Crippen molar-refractivity contribution in [3.63, 3.8) is 0 Å². The topological polar surface area (TPSA) is 330 Å². The fraction of sp³-hybridized carbons (Fsp3) is 0.444. The third-order valence-electron chi connectivity index (χ3n) is 6.91. The lowest BCUT2D eigenvalue weighted by Crippen LogP contribution is -2.45. The Bertz CT molecular complexity index is 1560. The van der Waals surface area contributed by atoms with Crippen molar-refractivity contribution in [1.29, 1.82) is 0 Å². The number of aromatic nitrogens is 4. The number of carbonyl (C=O) groups is 9. The van der Waals surface area contributed by atoms with Crippen LogP contribution in [0.1, 0.15) is 24.5 Å². The van der Waals surface area contributed by atoms with Gasteiger partial charge in [-0.2, -0.15) is 0 Å². The molecule has 0 aliphatic heterocycles. The van der Waals surface area contributed by atoms with Crippen molar-refractivity contribution in [2.75, 3.05) is 13.6 Å². The first kappa shape index (κ1) is 39.0. The van der Waals surface area contributed by atoms with Crippen molar-refractivity contribution in [2.45, 2.75) is 51.1 Å². The molecule has 0 saturated heterocycles. The predicted octanol–water partition coefficient (Wildman–Crippen LogP) is -3.57. The fourth-order valence-corrected chi connectivity index (χ4v) is 4.36. The van der Waals surface area contributed by atoms with Gasteiger partial charge in [0, 0.05) is 38.3 Å². The number of carboxylic acids is 5. The maximum absolute atomic E-state index is 12.7. The summed E-state index contributed by atoms with van der Waals surface area (Å²) in [6.45, 7) is -1.46. The number of nitrogens with zero attached hydrogens (tertiary/aromatic N) is 5. The summed E-state index contributed by atoms with van der Waals surface area (Å²) < 4.78 is 2.62. The van der Waals surface area contributed by atoms with Gasteiger partial charge in [0.05, 0.1) is 19.6 Å². The number of hydrogen-bond acceptors (Lipinski definition) is 12. The van der Waals surface area contributed by atoms with Gasteiger partial charge >= 0.3 is 29.8 Å². The standard InChI is InChI=1S/C27H34N8O14/c1-28-20(37)10-33(8-18-29-2-4-34(18)11-21(38)31-16(26(46)47)6-14(13-36)23(40)41)9-19-30-3-5-35(19)12-22(39)32-17(27(48)49)7-15(24(42)43)25(44)45/h2-5,13-17H,6-12H2,1H3,(H,28,37)(H,31,38)(H,32,39)(H,40,41)(H,42,43)(H,44,45)(H,46,47)(H,48,49). The second-order valence-electron chi connectivity index (χ2n) is 10.5. The Balaban J connectivity index is 2.18. The van der Waals surface area contributed by atoms with Gasteiger partial charge in [-0.15, -0.1) is 0 Å². The second-order valence-corrected chi connectivity index (χ2v) is 10.5. The number of nitrogens with one attached hydrogen (secondary N) is 3. The molecule has 0 fully saturated rings. The summed E-state index contributed by atoms with van der Waals surface area (Å²) >= 11 is 0. The molecule has 266 valence electrons. The molecule has 0 bridgehead atoms. The lowest BCUT2D eigenvalue weighted by Gasteiger charge is -2.22. The first-order valence-corrected chi connectivity index (χ1v) is 14.2. The molecule has 22 heteroatoms. The number of hydrogen-bond donors (Lipinski definition) is 8. The molecule has 0 saturated carbocycles. The van der Waals surface area contributed by atoms with Gasteiger partial charge in [0.1, 0.15) is 49.0 Å². The lowest BCUT2D eigenvalue weighted by molar-refractivity contribution is -0.156. The zero-order valence-corrected chi connectivity index (χ0v) is 25.8. The smallest absolute Gasteiger partial charge is 0.326 e. The van der Waals surface area contributed by atoms with E-state index in [1.54, 1.807) is 0 Å². The van der Waals surface area contributed by atoms with Crippen LogP contribution < -0.4 is 16.0 Å². The van der Waals surface area contributed by atoms with E-state index in [0.29, 0.717) is 0 Å². The van der Waals surface area contributed by atoms with Gasteiger partial charge in [0.15, 0.2) is 5.92 Å². The molecule has 3 amide bonds. The monoisotopic (exact) mass is 694 g/mol. The van der Waals surface area contributed by atoms with E-state index in [-0.39, 0.29) is 37.6 Å². The molecule has 0 aliphatic rings.